The molecule has 0 saturated carbocycles. The molecule has 0 aromatic heterocycles. The van der Waals surface area contributed by atoms with Crippen LogP contribution in [0.15, 0.2) is 30.3 Å². The average Bonchev–Trinajstić information content (AvgIpc) is 2.46. The van der Waals surface area contributed by atoms with Crippen molar-refractivity contribution in [2.24, 2.45) is 11.7 Å². The van der Waals surface area contributed by atoms with Gasteiger partial charge in [0.15, 0.2) is 9.84 Å². The number of benzene rings is 1. The molecule has 1 aromatic rings. The Bertz CT molecular complexity index is 614. The Morgan fingerprint density at radius 1 is 1.25 bits per heavy atom. The van der Waals surface area contributed by atoms with Gasteiger partial charge < -0.3 is 11.1 Å². The van der Waals surface area contributed by atoms with E-state index in [1.54, 1.807) is 0 Å². The SMILES string of the molecule is CC(C)CC(C)(CN)NC(=O)CS(=O)(=O)CCCc1ccccc1. The summed E-state index contributed by atoms with van der Waals surface area (Å²) in [6.07, 6.45) is 1.92. The molecule has 1 rings (SSSR count). The van der Waals surface area contributed by atoms with Gasteiger partial charge in [-0.2, -0.15) is 0 Å². The van der Waals surface area contributed by atoms with Gasteiger partial charge in [0.05, 0.1) is 5.75 Å². The van der Waals surface area contributed by atoms with E-state index >= 15 is 0 Å². The molecule has 0 aliphatic carbocycles. The molecule has 24 heavy (non-hydrogen) atoms. The number of carbonyl (C=O) groups is 1. The predicted molar refractivity (Wildman–Crippen MR) is 98.5 cm³/mol. The van der Waals surface area contributed by atoms with Gasteiger partial charge in [0.25, 0.3) is 0 Å². The lowest BCUT2D eigenvalue weighted by Gasteiger charge is -2.31. The number of aryl methyl sites for hydroxylation is 1. The number of nitrogens with one attached hydrogen (secondary N) is 1. The first-order valence-electron chi connectivity index (χ1n) is 8.41. The maximum atomic E-state index is 12.1. The Hall–Kier alpha value is -1.40. The predicted octanol–water partition coefficient (Wildman–Crippen LogP) is 1.91. The van der Waals surface area contributed by atoms with Gasteiger partial charge in [-0.3, -0.25) is 4.79 Å². The molecule has 0 aliphatic rings. The highest BCUT2D eigenvalue weighted by molar-refractivity contribution is 7.92. The van der Waals surface area contributed by atoms with Gasteiger partial charge in [-0.15, -0.1) is 0 Å². The van der Waals surface area contributed by atoms with Gasteiger partial charge >= 0.3 is 0 Å². The van der Waals surface area contributed by atoms with Gasteiger partial charge in [-0.05, 0) is 37.7 Å². The van der Waals surface area contributed by atoms with Gasteiger partial charge in [0.2, 0.25) is 5.91 Å². The molecule has 0 heterocycles. The molecule has 1 unspecified atom stereocenters. The Labute approximate surface area is 145 Å². The summed E-state index contributed by atoms with van der Waals surface area (Å²) in [5, 5.41) is 2.80. The minimum atomic E-state index is -3.41. The van der Waals surface area contributed by atoms with Crippen molar-refractivity contribution in [1.29, 1.82) is 0 Å². The summed E-state index contributed by atoms with van der Waals surface area (Å²) in [5.74, 6) is -0.571. The van der Waals surface area contributed by atoms with E-state index in [2.05, 4.69) is 5.32 Å². The Kier molecular flexibility index (Phi) is 7.90. The normalized spacial score (nSPS) is 14.4. The zero-order valence-corrected chi connectivity index (χ0v) is 15.7. The van der Waals surface area contributed by atoms with Crippen molar-refractivity contribution < 1.29 is 13.2 Å². The summed E-state index contributed by atoms with van der Waals surface area (Å²) in [6.45, 7) is 6.22. The second-order valence-corrected chi connectivity index (χ2v) is 9.28. The standard InChI is InChI=1S/C18H30N2O3S/c1-15(2)12-18(3,14-19)20-17(21)13-24(22,23)11-7-10-16-8-5-4-6-9-16/h4-6,8-9,15H,7,10-14,19H2,1-3H3,(H,20,21). The molecule has 0 saturated heterocycles. The fraction of sp³-hybridized carbons (Fsp3) is 0.611. The van der Waals surface area contributed by atoms with Gasteiger partial charge in [0, 0.05) is 12.1 Å². The first-order chi connectivity index (χ1) is 11.2. The van der Waals surface area contributed by atoms with Crippen LogP contribution in [-0.4, -0.2) is 37.9 Å². The van der Waals surface area contributed by atoms with E-state index in [1.165, 1.54) is 0 Å². The van der Waals surface area contributed by atoms with E-state index in [-0.39, 0.29) is 12.3 Å². The highest BCUT2D eigenvalue weighted by Gasteiger charge is 2.27. The van der Waals surface area contributed by atoms with Crippen LogP contribution in [0.5, 0.6) is 0 Å². The molecular formula is C18H30N2O3S. The topological polar surface area (TPSA) is 89.3 Å². The molecule has 3 N–H and O–H groups in total. The van der Waals surface area contributed by atoms with Gasteiger partial charge in [0.1, 0.15) is 5.75 Å². The zero-order chi connectivity index (χ0) is 18.2. The van der Waals surface area contributed by atoms with Gasteiger partial charge in [-0.25, -0.2) is 8.42 Å². The van der Waals surface area contributed by atoms with E-state index in [0.29, 0.717) is 25.2 Å². The highest BCUT2D eigenvalue weighted by Crippen LogP contribution is 2.15. The van der Waals surface area contributed by atoms with E-state index in [9.17, 15) is 13.2 Å². The first kappa shape index (κ1) is 20.6. The number of hydrogen-bond donors (Lipinski definition) is 2. The van der Waals surface area contributed by atoms with Crippen LogP contribution in [0, 0.1) is 5.92 Å². The average molecular weight is 355 g/mol. The number of carbonyl (C=O) groups excluding carboxylic acids is 1. The van der Waals surface area contributed by atoms with Crippen LogP contribution in [-0.2, 0) is 21.1 Å². The molecule has 0 spiro atoms. The maximum absolute atomic E-state index is 12.1. The molecule has 136 valence electrons. The lowest BCUT2D eigenvalue weighted by Crippen LogP contribution is -2.53. The van der Waals surface area contributed by atoms with Crippen molar-refractivity contribution in [3.8, 4) is 0 Å². The van der Waals surface area contributed by atoms with Crippen molar-refractivity contribution in [2.75, 3.05) is 18.1 Å². The van der Waals surface area contributed by atoms with Crippen molar-refractivity contribution in [1.82, 2.24) is 5.32 Å². The third kappa shape index (κ3) is 7.93. The van der Waals surface area contributed by atoms with Crippen LogP contribution in [0.1, 0.15) is 39.2 Å². The molecule has 0 fully saturated rings. The minimum absolute atomic E-state index is 0.0127. The third-order valence-corrected chi connectivity index (χ3v) is 5.48. The highest BCUT2D eigenvalue weighted by atomic mass is 32.2. The molecule has 5 nitrogen and oxygen atoms in total. The van der Waals surface area contributed by atoms with Crippen molar-refractivity contribution in [2.45, 2.75) is 45.6 Å². The minimum Gasteiger partial charge on any atom is -0.349 e. The summed E-state index contributed by atoms with van der Waals surface area (Å²) < 4.78 is 24.3. The summed E-state index contributed by atoms with van der Waals surface area (Å²) in [4.78, 5) is 12.1. The lowest BCUT2D eigenvalue weighted by atomic mass is 9.91. The number of nitrogens with two attached hydrogens (primary N) is 1. The second kappa shape index (κ2) is 9.18. The summed E-state index contributed by atoms with van der Waals surface area (Å²) >= 11 is 0. The Balaban J connectivity index is 2.49. The largest absolute Gasteiger partial charge is 0.349 e. The molecule has 0 radical (unpaired) electrons. The number of sulfone groups is 1. The maximum Gasteiger partial charge on any atom is 0.235 e. The summed E-state index contributed by atoms with van der Waals surface area (Å²) in [7, 11) is -3.41. The molecule has 0 aliphatic heterocycles. The Morgan fingerprint density at radius 3 is 2.42 bits per heavy atom. The third-order valence-electron chi connectivity index (χ3n) is 3.87. The van der Waals surface area contributed by atoms with E-state index in [4.69, 9.17) is 5.73 Å². The van der Waals surface area contributed by atoms with Crippen LogP contribution in [0.3, 0.4) is 0 Å². The molecule has 6 heteroatoms. The summed E-state index contributed by atoms with van der Waals surface area (Å²) in [5.41, 5.74) is 6.28. The van der Waals surface area contributed by atoms with Crippen molar-refractivity contribution in [3.63, 3.8) is 0 Å². The lowest BCUT2D eigenvalue weighted by molar-refractivity contribution is -0.120. The number of hydrogen-bond acceptors (Lipinski definition) is 4. The van der Waals surface area contributed by atoms with E-state index in [0.717, 1.165) is 5.56 Å². The van der Waals surface area contributed by atoms with E-state index < -0.39 is 27.0 Å². The fourth-order valence-electron chi connectivity index (χ4n) is 2.87. The van der Waals surface area contributed by atoms with Crippen molar-refractivity contribution in [3.05, 3.63) is 35.9 Å². The zero-order valence-electron chi connectivity index (χ0n) is 14.9. The van der Waals surface area contributed by atoms with Crippen LogP contribution in [0.25, 0.3) is 0 Å². The van der Waals surface area contributed by atoms with Crippen LogP contribution in [0.2, 0.25) is 0 Å². The first-order valence-corrected chi connectivity index (χ1v) is 10.2. The smallest absolute Gasteiger partial charge is 0.235 e. The van der Waals surface area contributed by atoms with Crippen molar-refractivity contribution >= 4 is 15.7 Å². The molecule has 1 atom stereocenters. The van der Waals surface area contributed by atoms with Gasteiger partial charge in [-0.1, -0.05) is 44.2 Å². The quantitative estimate of drug-likeness (QED) is 0.672. The van der Waals surface area contributed by atoms with Crippen LogP contribution < -0.4 is 11.1 Å². The molecular weight excluding hydrogens is 324 g/mol. The Morgan fingerprint density at radius 2 is 1.88 bits per heavy atom. The number of amides is 1. The molecule has 0 bridgehead atoms. The second-order valence-electron chi connectivity index (χ2n) is 7.09. The molecule has 1 aromatic carbocycles. The fourth-order valence-corrected chi connectivity index (χ4v) is 4.07. The monoisotopic (exact) mass is 354 g/mol. The summed E-state index contributed by atoms with van der Waals surface area (Å²) in [6, 6.07) is 9.73. The van der Waals surface area contributed by atoms with Crippen LogP contribution in [0.4, 0.5) is 0 Å². The van der Waals surface area contributed by atoms with E-state index in [1.807, 2.05) is 51.1 Å². The number of rotatable bonds is 10. The molecule has 1 amide bonds. The van der Waals surface area contributed by atoms with Crippen LogP contribution >= 0.6 is 0 Å².